The number of rotatable bonds is 6. The molecule has 0 spiro atoms. The summed E-state index contributed by atoms with van der Waals surface area (Å²) in [6.45, 7) is 2.52. The molecule has 4 N–H and O–H groups in total. The molecule has 2 aromatic rings. The number of guanidine groups is 1. The highest BCUT2D eigenvalue weighted by Gasteiger charge is 2.30. The molecule has 1 heterocycles. The summed E-state index contributed by atoms with van der Waals surface area (Å²) < 4.78 is 0. The van der Waals surface area contributed by atoms with Crippen LogP contribution in [0.15, 0.2) is 53.5 Å². The molecule has 2 atom stereocenters. The lowest BCUT2D eigenvalue weighted by Gasteiger charge is -2.40. The molecule has 0 aliphatic carbocycles. The van der Waals surface area contributed by atoms with Gasteiger partial charge in [0.15, 0.2) is 5.96 Å². The monoisotopic (exact) mass is 427 g/mol. The van der Waals surface area contributed by atoms with Crippen LogP contribution in [0.2, 0.25) is 5.02 Å². The number of hydrogen-bond acceptors (Lipinski definition) is 3. The third-order valence-electron chi connectivity index (χ3n) is 5.65. The first kappa shape index (κ1) is 22.1. The third-order valence-corrected chi connectivity index (χ3v) is 5.89. The minimum Gasteiger partial charge on any atom is -0.366 e. The van der Waals surface area contributed by atoms with Crippen LogP contribution >= 0.6 is 11.6 Å². The number of aliphatic imine (C=N–C) groups is 1. The average molecular weight is 428 g/mol. The maximum absolute atomic E-state index is 11.2. The standard InChI is InChI=1S/C23H30ClN5O/c1-26-23(27-14-16-8-10-17(11-9-16)22(25)30)28-15-19-6-4-12-29(2)21(19)18-5-3-7-20(24)13-18/h3,5,7-11,13,19,21H,4,6,12,14-15H2,1-2H3,(H2,25,30)(H2,26,27,28). The van der Waals surface area contributed by atoms with Crippen molar-refractivity contribution in [2.24, 2.45) is 16.6 Å². The Balaban J connectivity index is 1.59. The summed E-state index contributed by atoms with van der Waals surface area (Å²) in [6, 6.07) is 15.8. The molecule has 0 radical (unpaired) electrons. The fourth-order valence-corrected chi connectivity index (χ4v) is 4.31. The summed E-state index contributed by atoms with van der Waals surface area (Å²) in [5.74, 6) is 0.793. The molecule has 0 bridgehead atoms. The second kappa shape index (κ2) is 10.5. The summed E-state index contributed by atoms with van der Waals surface area (Å²) >= 11 is 6.25. The number of nitrogens with zero attached hydrogens (tertiary/aromatic N) is 2. The molecular formula is C23H30ClN5O. The molecular weight excluding hydrogens is 398 g/mol. The Morgan fingerprint density at radius 3 is 2.67 bits per heavy atom. The third kappa shape index (κ3) is 5.74. The minimum atomic E-state index is -0.418. The van der Waals surface area contributed by atoms with Crippen molar-refractivity contribution in [3.05, 3.63) is 70.2 Å². The van der Waals surface area contributed by atoms with Gasteiger partial charge in [-0.25, -0.2) is 0 Å². The Hall–Kier alpha value is -2.57. The molecule has 1 saturated heterocycles. The van der Waals surface area contributed by atoms with Crippen LogP contribution < -0.4 is 16.4 Å². The van der Waals surface area contributed by atoms with Crippen LogP contribution in [-0.4, -0.2) is 44.0 Å². The number of piperidine rings is 1. The Morgan fingerprint density at radius 1 is 1.23 bits per heavy atom. The quantitative estimate of drug-likeness (QED) is 0.488. The number of nitrogens with one attached hydrogen (secondary N) is 2. The van der Waals surface area contributed by atoms with Crippen LogP contribution in [0, 0.1) is 5.92 Å². The first-order chi connectivity index (χ1) is 14.5. The highest BCUT2D eigenvalue weighted by Crippen LogP contribution is 2.35. The maximum atomic E-state index is 11.2. The van der Waals surface area contributed by atoms with Crippen molar-refractivity contribution in [2.75, 3.05) is 27.2 Å². The molecule has 0 aromatic heterocycles. The van der Waals surface area contributed by atoms with Crippen molar-refractivity contribution < 1.29 is 4.79 Å². The van der Waals surface area contributed by atoms with Crippen molar-refractivity contribution in [3.63, 3.8) is 0 Å². The van der Waals surface area contributed by atoms with Gasteiger partial charge >= 0.3 is 0 Å². The van der Waals surface area contributed by atoms with E-state index in [0.717, 1.165) is 36.1 Å². The zero-order valence-electron chi connectivity index (χ0n) is 17.6. The van der Waals surface area contributed by atoms with E-state index in [1.807, 2.05) is 24.3 Å². The van der Waals surface area contributed by atoms with E-state index < -0.39 is 5.91 Å². The van der Waals surface area contributed by atoms with E-state index in [1.54, 1.807) is 19.2 Å². The number of carbonyl (C=O) groups is 1. The lowest BCUT2D eigenvalue weighted by Crippen LogP contribution is -2.44. The van der Waals surface area contributed by atoms with Gasteiger partial charge in [0, 0.05) is 36.8 Å². The van der Waals surface area contributed by atoms with Crippen LogP contribution in [0.5, 0.6) is 0 Å². The summed E-state index contributed by atoms with van der Waals surface area (Å²) in [7, 11) is 3.95. The fourth-order valence-electron chi connectivity index (χ4n) is 4.11. The van der Waals surface area contributed by atoms with Crippen molar-refractivity contribution in [1.82, 2.24) is 15.5 Å². The predicted octanol–water partition coefficient (Wildman–Crippen LogP) is 3.19. The summed E-state index contributed by atoms with van der Waals surface area (Å²) in [5.41, 5.74) is 8.11. The number of halogens is 1. The molecule has 2 aromatic carbocycles. The van der Waals surface area contributed by atoms with Crippen LogP contribution in [0.1, 0.15) is 40.4 Å². The molecule has 1 fully saturated rings. The number of likely N-dealkylation sites (tertiary alicyclic amines) is 1. The lowest BCUT2D eigenvalue weighted by molar-refractivity contribution is 0.100. The van der Waals surface area contributed by atoms with Crippen molar-refractivity contribution in [3.8, 4) is 0 Å². The van der Waals surface area contributed by atoms with E-state index >= 15 is 0 Å². The molecule has 1 amide bonds. The molecule has 7 heteroatoms. The molecule has 160 valence electrons. The molecule has 3 rings (SSSR count). The number of primary amides is 1. The van der Waals surface area contributed by atoms with Gasteiger partial charge in [0.25, 0.3) is 0 Å². The Kier molecular flexibility index (Phi) is 7.71. The van der Waals surface area contributed by atoms with Gasteiger partial charge in [-0.15, -0.1) is 0 Å². The van der Waals surface area contributed by atoms with Gasteiger partial charge in [-0.3, -0.25) is 14.7 Å². The predicted molar refractivity (Wildman–Crippen MR) is 123 cm³/mol. The number of hydrogen-bond donors (Lipinski definition) is 3. The van der Waals surface area contributed by atoms with E-state index in [-0.39, 0.29) is 0 Å². The molecule has 30 heavy (non-hydrogen) atoms. The van der Waals surface area contributed by atoms with Crippen molar-refractivity contribution >= 4 is 23.5 Å². The molecule has 1 aliphatic rings. The highest BCUT2D eigenvalue weighted by atomic mass is 35.5. The second-order valence-electron chi connectivity index (χ2n) is 7.75. The van der Waals surface area contributed by atoms with Crippen molar-refractivity contribution in [1.29, 1.82) is 0 Å². The largest absolute Gasteiger partial charge is 0.366 e. The van der Waals surface area contributed by atoms with E-state index in [4.69, 9.17) is 17.3 Å². The van der Waals surface area contributed by atoms with Crippen LogP contribution in [0.4, 0.5) is 0 Å². The first-order valence-corrected chi connectivity index (χ1v) is 10.6. The van der Waals surface area contributed by atoms with Gasteiger partial charge in [0.1, 0.15) is 0 Å². The SMILES string of the molecule is CN=C(NCc1ccc(C(N)=O)cc1)NCC1CCCN(C)C1c1cccc(Cl)c1. The van der Waals surface area contributed by atoms with Gasteiger partial charge in [-0.05, 0) is 67.7 Å². The van der Waals surface area contributed by atoms with Gasteiger partial charge < -0.3 is 16.4 Å². The number of nitrogens with two attached hydrogens (primary N) is 1. The van der Waals surface area contributed by atoms with Gasteiger partial charge in [0.2, 0.25) is 5.91 Å². The Bertz CT molecular complexity index is 883. The van der Waals surface area contributed by atoms with E-state index in [0.29, 0.717) is 24.1 Å². The van der Waals surface area contributed by atoms with Gasteiger partial charge in [0.05, 0.1) is 0 Å². The van der Waals surface area contributed by atoms with Crippen LogP contribution in [0.25, 0.3) is 0 Å². The van der Waals surface area contributed by atoms with Gasteiger partial charge in [-0.2, -0.15) is 0 Å². The summed E-state index contributed by atoms with van der Waals surface area (Å²) in [5, 5.41) is 7.59. The molecule has 6 nitrogen and oxygen atoms in total. The number of amides is 1. The summed E-state index contributed by atoms with van der Waals surface area (Å²) in [4.78, 5) is 18.0. The first-order valence-electron chi connectivity index (χ1n) is 10.3. The molecule has 1 aliphatic heterocycles. The topological polar surface area (TPSA) is 82.7 Å². The second-order valence-corrected chi connectivity index (χ2v) is 8.19. The normalized spacial score (nSPS) is 20.0. The smallest absolute Gasteiger partial charge is 0.248 e. The van der Waals surface area contributed by atoms with E-state index in [9.17, 15) is 4.79 Å². The highest BCUT2D eigenvalue weighted by molar-refractivity contribution is 6.30. The maximum Gasteiger partial charge on any atom is 0.248 e. The average Bonchev–Trinajstić information content (AvgIpc) is 2.74. The van der Waals surface area contributed by atoms with Crippen molar-refractivity contribution in [2.45, 2.75) is 25.4 Å². The number of carbonyl (C=O) groups excluding carboxylic acids is 1. The summed E-state index contributed by atoms with van der Waals surface area (Å²) in [6.07, 6.45) is 2.33. The zero-order valence-corrected chi connectivity index (χ0v) is 18.3. The Labute approximate surface area is 183 Å². The van der Waals surface area contributed by atoms with E-state index in [2.05, 4.69) is 39.7 Å². The van der Waals surface area contributed by atoms with Crippen LogP contribution in [-0.2, 0) is 6.54 Å². The molecule has 0 saturated carbocycles. The number of benzene rings is 2. The van der Waals surface area contributed by atoms with Crippen LogP contribution in [0.3, 0.4) is 0 Å². The zero-order chi connectivity index (χ0) is 21.5. The molecule has 2 unspecified atom stereocenters. The minimum absolute atomic E-state index is 0.324. The fraction of sp³-hybridized carbons (Fsp3) is 0.391. The van der Waals surface area contributed by atoms with Gasteiger partial charge in [-0.1, -0.05) is 35.9 Å². The van der Waals surface area contributed by atoms with E-state index in [1.165, 1.54) is 12.0 Å². The Morgan fingerprint density at radius 2 is 2.00 bits per heavy atom. The lowest BCUT2D eigenvalue weighted by atomic mass is 9.85.